The third-order valence-electron chi connectivity index (χ3n) is 3.87. The molecule has 2 rings (SSSR count). The van der Waals surface area contributed by atoms with Crippen molar-refractivity contribution in [3.8, 4) is 5.75 Å². The van der Waals surface area contributed by atoms with Gasteiger partial charge in [-0.05, 0) is 24.3 Å². The summed E-state index contributed by atoms with van der Waals surface area (Å²) < 4.78 is 13.2. The molecule has 0 aliphatic heterocycles. The molecule has 1 aromatic carbocycles. The van der Waals surface area contributed by atoms with Crippen LogP contribution in [0.15, 0.2) is 18.2 Å². The third kappa shape index (κ3) is 2.60. The Kier molecular flexibility index (Phi) is 3.38. The second-order valence-electron chi connectivity index (χ2n) is 5.56. The standard InChI is InChI=1S/C14H20FNO/c1-14(2)8-4-7-12(14)16-9-10-5-3-6-11(15)13(10)17/h3,5-6,12,16-17H,4,7-9H2,1-2H3. The topological polar surface area (TPSA) is 32.3 Å². The molecule has 0 aromatic heterocycles. The van der Waals surface area contributed by atoms with Crippen molar-refractivity contribution >= 4 is 0 Å². The zero-order valence-electron chi connectivity index (χ0n) is 10.5. The molecular formula is C14H20FNO. The molecule has 0 amide bonds. The maximum absolute atomic E-state index is 13.2. The Morgan fingerprint density at radius 2 is 2.24 bits per heavy atom. The third-order valence-corrected chi connectivity index (χ3v) is 3.87. The maximum Gasteiger partial charge on any atom is 0.165 e. The number of hydrogen-bond donors (Lipinski definition) is 2. The number of para-hydroxylation sites is 1. The minimum atomic E-state index is -0.546. The van der Waals surface area contributed by atoms with Crippen LogP contribution in [0.2, 0.25) is 0 Å². The van der Waals surface area contributed by atoms with Gasteiger partial charge in [-0.15, -0.1) is 0 Å². The summed E-state index contributed by atoms with van der Waals surface area (Å²) in [6.07, 6.45) is 3.61. The highest BCUT2D eigenvalue weighted by Crippen LogP contribution is 2.37. The summed E-state index contributed by atoms with van der Waals surface area (Å²) in [5.74, 6) is -0.772. The predicted octanol–water partition coefficient (Wildman–Crippen LogP) is 3.20. The lowest BCUT2D eigenvalue weighted by Gasteiger charge is -2.28. The van der Waals surface area contributed by atoms with E-state index < -0.39 is 5.82 Å². The molecule has 0 spiro atoms. The van der Waals surface area contributed by atoms with Crippen molar-refractivity contribution in [3.63, 3.8) is 0 Å². The molecule has 1 aliphatic carbocycles. The Labute approximate surface area is 102 Å². The van der Waals surface area contributed by atoms with Gasteiger partial charge in [0.25, 0.3) is 0 Å². The van der Waals surface area contributed by atoms with Gasteiger partial charge < -0.3 is 10.4 Å². The number of nitrogens with one attached hydrogen (secondary N) is 1. The zero-order valence-corrected chi connectivity index (χ0v) is 10.5. The molecule has 1 saturated carbocycles. The molecule has 94 valence electrons. The van der Waals surface area contributed by atoms with Gasteiger partial charge >= 0.3 is 0 Å². The van der Waals surface area contributed by atoms with Crippen molar-refractivity contribution in [3.05, 3.63) is 29.6 Å². The second-order valence-corrected chi connectivity index (χ2v) is 5.56. The van der Waals surface area contributed by atoms with Crippen molar-refractivity contribution in [1.82, 2.24) is 5.32 Å². The van der Waals surface area contributed by atoms with Gasteiger partial charge in [0.1, 0.15) is 0 Å². The van der Waals surface area contributed by atoms with Crippen molar-refractivity contribution in [2.45, 2.75) is 45.7 Å². The number of phenols is 1. The van der Waals surface area contributed by atoms with Crippen LogP contribution in [0.3, 0.4) is 0 Å². The monoisotopic (exact) mass is 237 g/mol. The van der Waals surface area contributed by atoms with Gasteiger partial charge in [-0.25, -0.2) is 4.39 Å². The van der Waals surface area contributed by atoms with Crippen LogP contribution in [0.1, 0.15) is 38.7 Å². The Morgan fingerprint density at radius 3 is 2.88 bits per heavy atom. The number of phenolic OH excluding ortho intramolecular Hbond substituents is 1. The highest BCUT2D eigenvalue weighted by Gasteiger charge is 2.33. The van der Waals surface area contributed by atoms with Crippen molar-refractivity contribution in [2.24, 2.45) is 5.41 Å². The summed E-state index contributed by atoms with van der Waals surface area (Å²) in [5.41, 5.74) is 0.927. The molecular weight excluding hydrogens is 217 g/mol. The molecule has 1 unspecified atom stereocenters. The van der Waals surface area contributed by atoms with Crippen LogP contribution in [0, 0.1) is 11.2 Å². The van der Waals surface area contributed by atoms with Crippen LogP contribution in [-0.2, 0) is 6.54 Å². The molecule has 2 N–H and O–H groups in total. The van der Waals surface area contributed by atoms with Crippen LogP contribution >= 0.6 is 0 Å². The molecule has 1 fully saturated rings. The number of hydrogen-bond acceptors (Lipinski definition) is 2. The molecule has 0 radical (unpaired) electrons. The Balaban J connectivity index is 2.01. The average Bonchev–Trinajstić information content (AvgIpc) is 2.60. The first-order valence-corrected chi connectivity index (χ1v) is 6.20. The molecule has 2 nitrogen and oxygen atoms in total. The lowest BCUT2D eigenvalue weighted by Crippen LogP contribution is -2.37. The van der Waals surface area contributed by atoms with Gasteiger partial charge in [-0.2, -0.15) is 0 Å². The molecule has 1 atom stereocenters. The van der Waals surface area contributed by atoms with E-state index in [2.05, 4.69) is 19.2 Å². The van der Waals surface area contributed by atoms with Gasteiger partial charge in [0, 0.05) is 18.2 Å². The van der Waals surface area contributed by atoms with E-state index in [1.165, 1.54) is 18.9 Å². The van der Waals surface area contributed by atoms with Gasteiger partial charge in [0.2, 0.25) is 0 Å². The molecule has 0 bridgehead atoms. The van der Waals surface area contributed by atoms with Gasteiger partial charge in [-0.3, -0.25) is 0 Å². The zero-order chi connectivity index (χ0) is 12.5. The largest absolute Gasteiger partial charge is 0.505 e. The summed E-state index contributed by atoms with van der Waals surface area (Å²) in [7, 11) is 0. The molecule has 17 heavy (non-hydrogen) atoms. The fourth-order valence-corrected chi connectivity index (χ4v) is 2.64. The lowest BCUT2D eigenvalue weighted by atomic mass is 9.87. The Bertz CT molecular complexity index is 403. The first-order valence-electron chi connectivity index (χ1n) is 6.20. The van der Waals surface area contributed by atoms with Gasteiger partial charge in [0.15, 0.2) is 11.6 Å². The summed E-state index contributed by atoms with van der Waals surface area (Å²) in [6.45, 7) is 5.03. The molecule has 0 heterocycles. The maximum atomic E-state index is 13.2. The smallest absolute Gasteiger partial charge is 0.165 e. The SMILES string of the molecule is CC1(C)CCCC1NCc1cccc(F)c1O. The lowest BCUT2D eigenvalue weighted by molar-refractivity contribution is 0.281. The predicted molar refractivity (Wildman–Crippen MR) is 66.3 cm³/mol. The molecule has 3 heteroatoms. The van der Waals surface area contributed by atoms with E-state index in [0.29, 0.717) is 23.6 Å². The number of halogens is 1. The number of rotatable bonds is 3. The number of benzene rings is 1. The fourth-order valence-electron chi connectivity index (χ4n) is 2.64. The summed E-state index contributed by atoms with van der Waals surface area (Å²) in [6, 6.07) is 5.11. The van der Waals surface area contributed by atoms with Gasteiger partial charge in [0.05, 0.1) is 0 Å². The summed E-state index contributed by atoms with van der Waals surface area (Å²) in [5, 5.41) is 13.0. The van der Waals surface area contributed by atoms with Crippen LogP contribution in [0.4, 0.5) is 4.39 Å². The van der Waals surface area contributed by atoms with Crippen LogP contribution in [-0.4, -0.2) is 11.1 Å². The minimum Gasteiger partial charge on any atom is -0.505 e. The van der Waals surface area contributed by atoms with E-state index in [0.717, 1.165) is 6.42 Å². The van der Waals surface area contributed by atoms with E-state index in [4.69, 9.17) is 0 Å². The summed E-state index contributed by atoms with van der Waals surface area (Å²) >= 11 is 0. The van der Waals surface area contributed by atoms with E-state index in [1.54, 1.807) is 12.1 Å². The quantitative estimate of drug-likeness (QED) is 0.846. The van der Waals surface area contributed by atoms with E-state index >= 15 is 0 Å². The highest BCUT2D eigenvalue weighted by molar-refractivity contribution is 5.33. The second kappa shape index (κ2) is 4.65. The Hall–Kier alpha value is -1.09. The van der Waals surface area contributed by atoms with Gasteiger partial charge in [-0.1, -0.05) is 32.4 Å². The normalized spacial score (nSPS) is 22.9. The van der Waals surface area contributed by atoms with E-state index in [9.17, 15) is 9.50 Å². The Morgan fingerprint density at radius 1 is 1.47 bits per heavy atom. The van der Waals surface area contributed by atoms with Crippen molar-refractivity contribution in [1.29, 1.82) is 0 Å². The molecule has 1 aromatic rings. The molecule has 0 saturated heterocycles. The van der Waals surface area contributed by atoms with Crippen molar-refractivity contribution < 1.29 is 9.50 Å². The van der Waals surface area contributed by atoms with E-state index in [1.807, 2.05) is 0 Å². The average molecular weight is 237 g/mol. The first kappa shape index (κ1) is 12.4. The first-order chi connectivity index (χ1) is 8.00. The highest BCUT2D eigenvalue weighted by atomic mass is 19.1. The van der Waals surface area contributed by atoms with Crippen LogP contribution in [0.25, 0.3) is 0 Å². The van der Waals surface area contributed by atoms with E-state index in [-0.39, 0.29) is 5.75 Å². The van der Waals surface area contributed by atoms with Crippen LogP contribution < -0.4 is 5.32 Å². The van der Waals surface area contributed by atoms with Crippen molar-refractivity contribution in [2.75, 3.05) is 0 Å². The van der Waals surface area contributed by atoms with Crippen LogP contribution in [0.5, 0.6) is 5.75 Å². The summed E-state index contributed by atoms with van der Waals surface area (Å²) in [4.78, 5) is 0. The number of aromatic hydroxyl groups is 1. The fraction of sp³-hybridized carbons (Fsp3) is 0.571. The minimum absolute atomic E-state index is 0.226. The molecule has 1 aliphatic rings.